The number of hydrogen-bond acceptors (Lipinski definition) is 4. The van der Waals surface area contributed by atoms with Gasteiger partial charge in [0.15, 0.2) is 0 Å². The molecule has 0 spiro atoms. The van der Waals surface area contributed by atoms with Crippen LogP contribution in [0.2, 0.25) is 5.02 Å². The molecule has 5 nitrogen and oxygen atoms in total. The van der Waals surface area contributed by atoms with Crippen molar-refractivity contribution in [2.24, 2.45) is 5.92 Å². The van der Waals surface area contributed by atoms with E-state index >= 15 is 0 Å². The molecule has 0 aromatic carbocycles. The molecule has 170 valence electrons. The molecule has 1 aliphatic rings. The summed E-state index contributed by atoms with van der Waals surface area (Å²) in [6.07, 6.45) is -6.71. The monoisotopic (exact) mass is 460 g/mol. The zero-order valence-corrected chi connectivity index (χ0v) is 17.0. The maximum atomic E-state index is 12.7. The van der Waals surface area contributed by atoms with Crippen LogP contribution in [0.3, 0.4) is 0 Å². The first-order valence-corrected chi connectivity index (χ1v) is 9.75. The fourth-order valence-corrected chi connectivity index (χ4v) is 3.55. The lowest BCUT2D eigenvalue weighted by Crippen LogP contribution is -2.41. The Morgan fingerprint density at radius 2 is 1.90 bits per heavy atom. The molecule has 30 heavy (non-hydrogen) atoms. The number of pyridine rings is 1. The molecular weight excluding hydrogens is 438 g/mol. The molecule has 1 saturated heterocycles. The Hall–Kier alpha value is -1.75. The lowest BCUT2D eigenvalue weighted by atomic mass is 9.96. The van der Waals surface area contributed by atoms with Gasteiger partial charge in [-0.2, -0.15) is 26.3 Å². The summed E-state index contributed by atoms with van der Waals surface area (Å²) in [5, 5.41) is 2.63. The van der Waals surface area contributed by atoms with Crippen LogP contribution in [0.1, 0.15) is 24.8 Å². The van der Waals surface area contributed by atoms with Gasteiger partial charge in [0, 0.05) is 31.7 Å². The minimum absolute atomic E-state index is 0.101. The minimum Gasteiger partial charge on any atom is -0.356 e. The second-order valence-electron chi connectivity index (χ2n) is 7.29. The molecule has 2 heterocycles. The number of carbonyl (C=O) groups excluding carboxylic acids is 1. The Kier molecular flexibility index (Phi) is 8.20. The number of amides is 1. The van der Waals surface area contributed by atoms with Crippen molar-refractivity contribution < 1.29 is 31.1 Å². The van der Waals surface area contributed by atoms with Crippen LogP contribution in [0.15, 0.2) is 12.3 Å². The number of piperidine rings is 1. The normalized spacial score (nSPS) is 16.2. The highest BCUT2D eigenvalue weighted by Crippen LogP contribution is 2.34. The van der Waals surface area contributed by atoms with E-state index in [4.69, 9.17) is 11.6 Å². The fraction of sp³-hybridized carbons (Fsp3) is 0.667. The topological polar surface area (TPSA) is 48.5 Å². The quantitative estimate of drug-likeness (QED) is 0.494. The van der Waals surface area contributed by atoms with Crippen molar-refractivity contribution in [1.29, 1.82) is 0 Å². The standard InChI is InChI=1S/C18H23ClF6N4O/c1-28(11-17(20,21)22)6-2-5-26-16(30)12-3-7-29(8-4-12)15-14(19)9-13(10-27-15)18(23,24)25/h9-10,12H,2-8,11H2,1H3,(H,26,30). The predicted molar refractivity (Wildman–Crippen MR) is 100 cm³/mol. The number of halogens is 7. The Morgan fingerprint density at radius 3 is 2.43 bits per heavy atom. The van der Waals surface area contributed by atoms with E-state index in [1.165, 1.54) is 7.05 Å². The molecule has 0 bridgehead atoms. The zero-order chi connectivity index (χ0) is 22.5. The fourth-order valence-electron chi connectivity index (χ4n) is 3.26. The molecule has 1 N–H and O–H groups in total. The SMILES string of the molecule is CN(CCCNC(=O)C1CCN(c2ncc(C(F)(F)F)cc2Cl)CC1)CC(F)(F)F. The highest BCUT2D eigenvalue weighted by atomic mass is 35.5. The van der Waals surface area contributed by atoms with Crippen LogP contribution >= 0.6 is 11.6 Å². The van der Waals surface area contributed by atoms with Gasteiger partial charge in [0.1, 0.15) is 5.82 Å². The van der Waals surface area contributed by atoms with Crippen LogP contribution in [-0.2, 0) is 11.0 Å². The van der Waals surface area contributed by atoms with Crippen LogP contribution in [0.25, 0.3) is 0 Å². The number of rotatable bonds is 7. The van der Waals surface area contributed by atoms with Gasteiger partial charge < -0.3 is 10.2 Å². The summed E-state index contributed by atoms with van der Waals surface area (Å²) >= 11 is 5.96. The summed E-state index contributed by atoms with van der Waals surface area (Å²) < 4.78 is 74.9. The third kappa shape index (κ3) is 7.50. The van der Waals surface area contributed by atoms with Crippen LogP contribution in [0, 0.1) is 5.92 Å². The average molecular weight is 461 g/mol. The van der Waals surface area contributed by atoms with E-state index in [-0.39, 0.29) is 35.8 Å². The molecule has 0 saturated carbocycles. The highest BCUT2D eigenvalue weighted by Gasteiger charge is 2.33. The first-order valence-electron chi connectivity index (χ1n) is 9.37. The van der Waals surface area contributed by atoms with Gasteiger partial charge in [-0.1, -0.05) is 11.6 Å². The van der Waals surface area contributed by atoms with E-state index in [0.717, 1.165) is 17.2 Å². The van der Waals surface area contributed by atoms with Crippen LogP contribution < -0.4 is 10.2 Å². The maximum Gasteiger partial charge on any atom is 0.417 e. The van der Waals surface area contributed by atoms with Crippen LogP contribution in [-0.4, -0.2) is 61.7 Å². The van der Waals surface area contributed by atoms with Crippen molar-refractivity contribution in [1.82, 2.24) is 15.2 Å². The number of aromatic nitrogens is 1. The summed E-state index contributed by atoms with van der Waals surface area (Å²) in [7, 11) is 1.37. The van der Waals surface area contributed by atoms with Crippen molar-refractivity contribution in [2.45, 2.75) is 31.6 Å². The highest BCUT2D eigenvalue weighted by molar-refractivity contribution is 6.33. The summed E-state index contributed by atoms with van der Waals surface area (Å²) in [5.41, 5.74) is -0.925. The Morgan fingerprint density at radius 1 is 1.27 bits per heavy atom. The number of anilines is 1. The van der Waals surface area contributed by atoms with Crippen molar-refractivity contribution in [2.75, 3.05) is 44.7 Å². The van der Waals surface area contributed by atoms with Crippen LogP contribution in [0.4, 0.5) is 32.2 Å². The molecule has 0 radical (unpaired) electrons. The molecule has 1 aromatic heterocycles. The molecule has 0 aliphatic carbocycles. The van der Waals surface area contributed by atoms with E-state index in [0.29, 0.717) is 32.4 Å². The predicted octanol–water partition coefficient (Wildman–Crippen LogP) is 3.97. The summed E-state index contributed by atoms with van der Waals surface area (Å²) in [6.45, 7) is 0.290. The Labute approximate surface area is 175 Å². The lowest BCUT2D eigenvalue weighted by molar-refractivity contribution is -0.143. The lowest BCUT2D eigenvalue weighted by Gasteiger charge is -2.32. The third-order valence-corrected chi connectivity index (χ3v) is 5.06. The first kappa shape index (κ1) is 24.5. The molecule has 12 heteroatoms. The van der Waals surface area contributed by atoms with E-state index in [1.807, 2.05) is 0 Å². The van der Waals surface area contributed by atoms with Gasteiger partial charge >= 0.3 is 12.4 Å². The second-order valence-corrected chi connectivity index (χ2v) is 7.69. The number of nitrogens with zero attached hydrogens (tertiary/aromatic N) is 3. The summed E-state index contributed by atoms with van der Waals surface area (Å²) in [4.78, 5) is 19.0. The molecule has 1 fully saturated rings. The minimum atomic E-state index is -4.53. The van der Waals surface area contributed by atoms with Gasteiger partial charge in [0.25, 0.3) is 0 Å². The summed E-state index contributed by atoms with van der Waals surface area (Å²) in [5.74, 6) is -0.210. The molecular formula is C18H23ClF6N4O. The van der Waals surface area contributed by atoms with Crippen LogP contribution in [0.5, 0.6) is 0 Å². The maximum absolute atomic E-state index is 12.7. The molecule has 0 unspecified atom stereocenters. The number of alkyl halides is 6. The molecule has 1 aliphatic heterocycles. The Balaban J connectivity index is 1.76. The van der Waals surface area contributed by atoms with Gasteiger partial charge in [-0.25, -0.2) is 4.98 Å². The number of carbonyl (C=O) groups is 1. The molecule has 2 rings (SSSR count). The molecule has 1 amide bonds. The van der Waals surface area contributed by atoms with Crippen molar-refractivity contribution in [3.8, 4) is 0 Å². The molecule has 1 aromatic rings. The van der Waals surface area contributed by atoms with E-state index in [2.05, 4.69) is 10.3 Å². The van der Waals surface area contributed by atoms with Gasteiger partial charge in [-0.05, 0) is 38.9 Å². The van der Waals surface area contributed by atoms with E-state index in [1.54, 1.807) is 4.90 Å². The van der Waals surface area contributed by atoms with E-state index in [9.17, 15) is 31.1 Å². The first-order chi connectivity index (χ1) is 13.9. The van der Waals surface area contributed by atoms with Gasteiger partial charge in [0.05, 0.1) is 17.1 Å². The van der Waals surface area contributed by atoms with Gasteiger partial charge in [-0.15, -0.1) is 0 Å². The van der Waals surface area contributed by atoms with E-state index < -0.39 is 24.5 Å². The average Bonchev–Trinajstić information content (AvgIpc) is 2.63. The van der Waals surface area contributed by atoms with Crippen molar-refractivity contribution in [3.63, 3.8) is 0 Å². The smallest absolute Gasteiger partial charge is 0.356 e. The van der Waals surface area contributed by atoms with Crippen molar-refractivity contribution >= 4 is 23.3 Å². The third-order valence-electron chi connectivity index (χ3n) is 4.78. The van der Waals surface area contributed by atoms with Gasteiger partial charge in [0.2, 0.25) is 5.91 Å². The second kappa shape index (κ2) is 10.0. The number of hydrogen-bond donors (Lipinski definition) is 1. The Bertz CT molecular complexity index is 720. The zero-order valence-electron chi connectivity index (χ0n) is 16.3. The molecule has 0 atom stereocenters. The number of nitrogens with one attached hydrogen (secondary N) is 1. The van der Waals surface area contributed by atoms with Gasteiger partial charge in [-0.3, -0.25) is 9.69 Å². The summed E-state index contributed by atoms with van der Waals surface area (Å²) in [6, 6.07) is 0.832. The van der Waals surface area contributed by atoms with Crippen molar-refractivity contribution in [3.05, 3.63) is 22.8 Å². The largest absolute Gasteiger partial charge is 0.417 e.